The van der Waals surface area contributed by atoms with Crippen molar-refractivity contribution in [3.8, 4) is 6.07 Å². The van der Waals surface area contributed by atoms with Crippen LogP contribution in [-0.2, 0) is 4.79 Å². The average Bonchev–Trinajstić information content (AvgIpc) is 1.89. The van der Waals surface area contributed by atoms with Crippen molar-refractivity contribution in [1.29, 1.82) is 5.26 Å². The smallest absolute Gasteiger partial charge is 0.336 e. The van der Waals surface area contributed by atoms with E-state index >= 15 is 0 Å². The highest BCUT2D eigenvalue weighted by atomic mass is 16.4. The molecule has 52 valence electrons. The minimum Gasteiger partial charge on any atom is -0.478 e. The molecule has 0 bridgehead atoms. The Morgan fingerprint density at radius 1 is 1.70 bits per heavy atom. The van der Waals surface area contributed by atoms with Gasteiger partial charge in [0.25, 0.3) is 0 Å². The number of carboxylic acids is 1. The maximum atomic E-state index is 9.44. The molecule has 0 aliphatic rings. The zero-order valence-corrected chi connectivity index (χ0v) is 5.37. The lowest BCUT2D eigenvalue weighted by atomic mass is 10.6. The van der Waals surface area contributed by atoms with Gasteiger partial charge in [0.05, 0.1) is 12.1 Å². The normalized spacial score (nSPS) is 5.10. The predicted octanol–water partition coefficient (Wildman–Crippen LogP) is 1.11. The molecule has 0 aliphatic heterocycles. The molecule has 0 aliphatic carbocycles. The fraction of sp³-hybridized carbons (Fsp3) is 0. The second-order valence-electron chi connectivity index (χ2n) is 1.02. The summed E-state index contributed by atoms with van der Waals surface area (Å²) in [5.74, 6) is -1.01. The van der Waals surface area contributed by atoms with E-state index in [2.05, 4.69) is 18.9 Å². The van der Waals surface area contributed by atoms with Gasteiger partial charge in [0.1, 0.15) is 0 Å². The quantitative estimate of drug-likeness (QED) is 0.334. The Kier molecular flexibility index (Phi) is 11.4. The van der Waals surface area contributed by atoms with Gasteiger partial charge in [-0.05, 0) is 0 Å². The Morgan fingerprint density at radius 2 is 2.10 bits per heavy atom. The number of nitrogens with zero attached hydrogens (tertiary/aromatic N) is 1. The molecule has 0 spiro atoms. The number of hydrogen-bond acceptors (Lipinski definition) is 2. The van der Waals surface area contributed by atoms with Gasteiger partial charge in [-0.15, -0.1) is 5.73 Å². The van der Waals surface area contributed by atoms with Gasteiger partial charge < -0.3 is 5.11 Å². The van der Waals surface area contributed by atoms with Crippen LogP contribution in [0.3, 0.4) is 0 Å². The number of allylic oxidation sites excluding steroid dienone is 1. The summed E-state index contributed by atoms with van der Waals surface area (Å²) in [5, 5.41) is 15.3. The van der Waals surface area contributed by atoms with E-state index in [4.69, 9.17) is 10.4 Å². The molecule has 0 aromatic carbocycles. The third-order valence-electron chi connectivity index (χ3n) is 0.317. The van der Waals surface area contributed by atoms with Crippen LogP contribution in [-0.4, -0.2) is 11.1 Å². The summed E-state index contributed by atoms with van der Waals surface area (Å²) in [6, 6.07) is 1.69. The number of rotatable bonds is 1. The van der Waals surface area contributed by atoms with E-state index < -0.39 is 5.97 Å². The average molecular weight is 137 g/mol. The van der Waals surface area contributed by atoms with E-state index in [1.54, 1.807) is 6.07 Å². The van der Waals surface area contributed by atoms with Crippen molar-refractivity contribution in [1.82, 2.24) is 0 Å². The number of carboxylic acid groups (broad SMARTS) is 1. The number of hydrogen-bond donors (Lipinski definition) is 1. The highest BCUT2D eigenvalue weighted by molar-refractivity contribution is 5.79. The Labute approximate surface area is 59.2 Å². The minimum atomic E-state index is -1.01. The molecule has 0 heterocycles. The van der Waals surface area contributed by atoms with Crippen molar-refractivity contribution in [3.63, 3.8) is 0 Å². The molecule has 1 N–H and O–H groups in total. The summed E-state index contributed by atoms with van der Waals surface area (Å²) in [6.07, 6.45) is 2.03. The van der Waals surface area contributed by atoms with Gasteiger partial charge in [-0.25, -0.2) is 4.79 Å². The SMILES string of the molecule is C=C=CC(=O)O.C=CC#N. The van der Waals surface area contributed by atoms with E-state index in [1.165, 1.54) is 6.08 Å². The molecule has 0 unspecified atom stereocenters. The van der Waals surface area contributed by atoms with Gasteiger partial charge in [-0.3, -0.25) is 0 Å². The first kappa shape index (κ1) is 11.1. The summed E-state index contributed by atoms with van der Waals surface area (Å²) in [5.41, 5.74) is 2.09. The Balaban J connectivity index is 0. The molecule has 0 saturated heterocycles. The van der Waals surface area contributed by atoms with Crippen LogP contribution in [0.5, 0.6) is 0 Å². The minimum absolute atomic E-state index is 0.847. The van der Waals surface area contributed by atoms with Gasteiger partial charge in [0.15, 0.2) is 0 Å². The lowest BCUT2D eigenvalue weighted by Crippen LogP contribution is -1.82. The molecular formula is C7H7NO2. The van der Waals surface area contributed by atoms with E-state index in [0.717, 1.165) is 6.08 Å². The van der Waals surface area contributed by atoms with Crippen molar-refractivity contribution in [2.45, 2.75) is 0 Å². The standard InChI is InChI=1S/C4H4O2.C3H3N/c1-2-3-4(5)6;1-2-3-4/h3H,1H2,(H,5,6);2H,1H2. The van der Waals surface area contributed by atoms with E-state index in [9.17, 15) is 4.79 Å². The molecule has 0 aromatic rings. The molecule has 10 heavy (non-hydrogen) atoms. The predicted molar refractivity (Wildman–Crippen MR) is 37.2 cm³/mol. The first-order valence-electron chi connectivity index (χ1n) is 2.28. The molecule has 0 atom stereocenters. The number of carbonyl (C=O) groups is 1. The fourth-order valence-corrected chi connectivity index (χ4v) is 0.0873. The molecular weight excluding hydrogens is 130 g/mol. The maximum absolute atomic E-state index is 9.44. The lowest BCUT2D eigenvalue weighted by molar-refractivity contribution is -0.131. The van der Waals surface area contributed by atoms with Crippen molar-refractivity contribution in [2.24, 2.45) is 0 Å². The molecule has 0 aromatic heterocycles. The maximum Gasteiger partial charge on any atom is 0.336 e. The van der Waals surface area contributed by atoms with Crippen LogP contribution in [0.2, 0.25) is 0 Å². The number of nitriles is 1. The van der Waals surface area contributed by atoms with Crippen LogP contribution < -0.4 is 0 Å². The third kappa shape index (κ3) is 34.4. The van der Waals surface area contributed by atoms with Crippen molar-refractivity contribution < 1.29 is 9.90 Å². The van der Waals surface area contributed by atoms with Crippen LogP contribution in [0.15, 0.2) is 31.0 Å². The molecule has 0 rings (SSSR count). The summed E-state index contributed by atoms with van der Waals surface area (Å²) in [7, 11) is 0. The first-order valence-corrected chi connectivity index (χ1v) is 2.28. The van der Waals surface area contributed by atoms with Crippen LogP contribution in [0.25, 0.3) is 0 Å². The van der Waals surface area contributed by atoms with Gasteiger partial charge in [0, 0.05) is 6.08 Å². The fourth-order valence-electron chi connectivity index (χ4n) is 0.0873. The van der Waals surface area contributed by atoms with E-state index in [-0.39, 0.29) is 0 Å². The Bertz CT molecular complexity index is 194. The Morgan fingerprint density at radius 3 is 2.10 bits per heavy atom. The van der Waals surface area contributed by atoms with Crippen molar-refractivity contribution in [2.75, 3.05) is 0 Å². The third-order valence-corrected chi connectivity index (χ3v) is 0.317. The largest absolute Gasteiger partial charge is 0.478 e. The van der Waals surface area contributed by atoms with Gasteiger partial charge in [-0.2, -0.15) is 5.26 Å². The van der Waals surface area contributed by atoms with Crippen molar-refractivity contribution >= 4 is 5.97 Å². The topological polar surface area (TPSA) is 61.1 Å². The summed E-state index contributed by atoms with van der Waals surface area (Å²) < 4.78 is 0. The monoisotopic (exact) mass is 137 g/mol. The van der Waals surface area contributed by atoms with Gasteiger partial charge >= 0.3 is 5.97 Å². The van der Waals surface area contributed by atoms with E-state index in [0.29, 0.717) is 0 Å². The molecule has 3 nitrogen and oxygen atoms in total. The molecule has 0 amide bonds. The highest BCUT2D eigenvalue weighted by Gasteiger charge is 1.76. The summed E-state index contributed by atoms with van der Waals surface area (Å²) >= 11 is 0. The van der Waals surface area contributed by atoms with E-state index in [1.807, 2.05) is 0 Å². The summed E-state index contributed by atoms with van der Waals surface area (Å²) in [4.78, 5) is 9.44. The number of aliphatic carboxylic acids is 1. The van der Waals surface area contributed by atoms with Crippen LogP contribution in [0, 0.1) is 11.3 Å². The lowest BCUT2D eigenvalue weighted by Gasteiger charge is -1.65. The van der Waals surface area contributed by atoms with Crippen LogP contribution in [0.1, 0.15) is 0 Å². The molecule has 0 saturated carbocycles. The molecule has 0 radical (unpaired) electrons. The zero-order valence-electron chi connectivity index (χ0n) is 5.37. The second-order valence-corrected chi connectivity index (χ2v) is 1.02. The second kappa shape index (κ2) is 10.3. The van der Waals surface area contributed by atoms with Gasteiger partial charge in [0.2, 0.25) is 0 Å². The molecule has 3 heteroatoms. The first-order chi connectivity index (χ1) is 4.68. The highest BCUT2D eigenvalue weighted by Crippen LogP contribution is 1.58. The molecule has 0 fully saturated rings. The summed E-state index contributed by atoms with van der Waals surface area (Å²) in [6.45, 7) is 6.16. The Hall–Kier alpha value is -1.78. The zero-order chi connectivity index (χ0) is 8.41. The van der Waals surface area contributed by atoms with Crippen molar-refractivity contribution in [3.05, 3.63) is 31.0 Å². The van der Waals surface area contributed by atoms with Crippen LogP contribution in [0.4, 0.5) is 0 Å². The van der Waals surface area contributed by atoms with Gasteiger partial charge in [-0.1, -0.05) is 13.2 Å². The van der Waals surface area contributed by atoms with Crippen LogP contribution >= 0.6 is 0 Å².